The van der Waals surface area contributed by atoms with Crippen LogP contribution in [0, 0.1) is 0 Å². The molecule has 1 fully saturated rings. The lowest BCUT2D eigenvalue weighted by molar-refractivity contribution is 0.241. The summed E-state index contributed by atoms with van der Waals surface area (Å²) >= 11 is 0. The van der Waals surface area contributed by atoms with Crippen LogP contribution in [0.15, 0.2) is 29.4 Å². The van der Waals surface area contributed by atoms with Gasteiger partial charge in [-0.3, -0.25) is 0 Å². The van der Waals surface area contributed by atoms with Gasteiger partial charge in [0.25, 0.3) is 0 Å². The minimum Gasteiger partial charge on any atom is -0.411 e. The van der Waals surface area contributed by atoms with E-state index in [2.05, 4.69) is 34.3 Å². The van der Waals surface area contributed by atoms with Crippen LogP contribution in [0.25, 0.3) is 0 Å². The number of rotatable bonds is 2. The Balaban J connectivity index is 1.57. The number of hydrogen-bond acceptors (Lipinski definition) is 3. The van der Waals surface area contributed by atoms with Gasteiger partial charge >= 0.3 is 0 Å². The first-order chi connectivity index (χ1) is 8.36. The van der Waals surface area contributed by atoms with Crippen LogP contribution in [0.1, 0.15) is 29.9 Å². The molecule has 1 aromatic carbocycles. The van der Waals surface area contributed by atoms with Gasteiger partial charge in [-0.05, 0) is 17.5 Å². The zero-order valence-corrected chi connectivity index (χ0v) is 9.97. The molecule has 0 spiro atoms. The van der Waals surface area contributed by atoms with Crippen LogP contribution in [-0.2, 0) is 6.42 Å². The minimum atomic E-state index is 0.721. The number of likely N-dealkylation sites (tertiary alicyclic amines) is 1. The minimum absolute atomic E-state index is 0.721. The molecule has 0 saturated carbocycles. The lowest BCUT2D eigenvalue weighted by atomic mass is 9.77. The summed E-state index contributed by atoms with van der Waals surface area (Å²) in [6.07, 6.45) is 3.07. The van der Waals surface area contributed by atoms with Gasteiger partial charge in [0.2, 0.25) is 0 Å². The third-order valence-electron chi connectivity index (χ3n) is 4.01. The van der Waals surface area contributed by atoms with Gasteiger partial charge in [-0.1, -0.05) is 29.4 Å². The maximum absolute atomic E-state index is 8.72. The van der Waals surface area contributed by atoms with E-state index in [1.54, 1.807) is 0 Å². The number of benzene rings is 1. The van der Waals surface area contributed by atoms with Crippen LogP contribution in [0.2, 0.25) is 0 Å². The van der Waals surface area contributed by atoms with Crippen LogP contribution in [0.5, 0.6) is 0 Å². The van der Waals surface area contributed by atoms with E-state index in [0.29, 0.717) is 0 Å². The van der Waals surface area contributed by atoms with E-state index in [9.17, 15) is 0 Å². The van der Waals surface area contributed by atoms with Crippen LogP contribution >= 0.6 is 0 Å². The summed E-state index contributed by atoms with van der Waals surface area (Å²) in [6, 6.07) is 8.75. The zero-order valence-electron chi connectivity index (χ0n) is 9.97. The Morgan fingerprint density at radius 3 is 2.71 bits per heavy atom. The molecule has 3 heteroatoms. The second-order valence-electron chi connectivity index (χ2n) is 5.07. The summed E-state index contributed by atoms with van der Waals surface area (Å²) < 4.78 is 0. The maximum atomic E-state index is 8.72. The van der Waals surface area contributed by atoms with Gasteiger partial charge in [-0.2, -0.15) is 0 Å². The quantitative estimate of drug-likeness (QED) is 0.625. The van der Waals surface area contributed by atoms with Gasteiger partial charge in [0.15, 0.2) is 0 Å². The molecule has 0 bridgehead atoms. The fourth-order valence-electron chi connectivity index (χ4n) is 2.93. The summed E-state index contributed by atoms with van der Waals surface area (Å²) in [7, 11) is 0. The number of fused-ring (bicyclic) bond motifs is 1. The fraction of sp³-hybridized carbons (Fsp3) is 0.500. The van der Waals surface area contributed by atoms with Gasteiger partial charge < -0.3 is 10.1 Å². The summed E-state index contributed by atoms with van der Waals surface area (Å²) in [4.78, 5) is 2.50. The van der Waals surface area contributed by atoms with Crippen LogP contribution in [0.4, 0.5) is 0 Å². The predicted molar refractivity (Wildman–Crippen MR) is 67.8 cm³/mol. The molecule has 1 unspecified atom stereocenters. The Morgan fingerprint density at radius 1 is 1.24 bits per heavy atom. The first kappa shape index (κ1) is 10.8. The Bertz CT molecular complexity index is 432. The Kier molecular flexibility index (Phi) is 2.85. The maximum Gasteiger partial charge on any atom is 0.0596 e. The lowest BCUT2D eigenvalue weighted by Crippen LogP contribution is -2.39. The van der Waals surface area contributed by atoms with Crippen molar-refractivity contribution in [2.75, 3.05) is 19.6 Å². The molecule has 1 atom stereocenters. The van der Waals surface area contributed by atoms with E-state index in [1.807, 2.05) is 0 Å². The van der Waals surface area contributed by atoms with Crippen molar-refractivity contribution in [2.45, 2.75) is 25.2 Å². The van der Waals surface area contributed by atoms with E-state index < -0.39 is 0 Å². The lowest BCUT2D eigenvalue weighted by Gasteiger charge is -2.36. The smallest absolute Gasteiger partial charge is 0.0596 e. The molecule has 3 nitrogen and oxygen atoms in total. The van der Waals surface area contributed by atoms with Crippen molar-refractivity contribution in [1.29, 1.82) is 0 Å². The van der Waals surface area contributed by atoms with Gasteiger partial charge in [0, 0.05) is 38.4 Å². The second-order valence-corrected chi connectivity index (χ2v) is 5.07. The van der Waals surface area contributed by atoms with Crippen molar-refractivity contribution in [3.8, 4) is 0 Å². The summed E-state index contributed by atoms with van der Waals surface area (Å²) in [5.41, 5.74) is 4.01. The van der Waals surface area contributed by atoms with E-state index in [4.69, 9.17) is 5.21 Å². The number of nitrogens with zero attached hydrogens (tertiary/aromatic N) is 2. The number of oxime groups is 1. The average molecular weight is 230 g/mol. The van der Waals surface area contributed by atoms with Crippen molar-refractivity contribution in [2.24, 2.45) is 5.16 Å². The van der Waals surface area contributed by atoms with Crippen LogP contribution in [-0.4, -0.2) is 35.5 Å². The Morgan fingerprint density at radius 2 is 2.00 bits per heavy atom. The second kappa shape index (κ2) is 4.49. The molecule has 0 amide bonds. The van der Waals surface area contributed by atoms with Gasteiger partial charge in [-0.25, -0.2) is 0 Å². The third-order valence-corrected chi connectivity index (χ3v) is 4.01. The van der Waals surface area contributed by atoms with Crippen molar-refractivity contribution < 1.29 is 5.21 Å². The summed E-state index contributed by atoms with van der Waals surface area (Å²) in [5, 5.41) is 12.0. The van der Waals surface area contributed by atoms with Gasteiger partial charge in [-0.15, -0.1) is 0 Å². The fourth-order valence-corrected chi connectivity index (χ4v) is 2.93. The first-order valence-corrected chi connectivity index (χ1v) is 6.37. The predicted octanol–water partition coefficient (Wildman–Crippen LogP) is 2.25. The first-order valence-electron chi connectivity index (χ1n) is 6.37. The molecule has 90 valence electrons. The normalized spacial score (nSPS) is 24.0. The van der Waals surface area contributed by atoms with Crippen LogP contribution < -0.4 is 0 Å². The summed E-state index contributed by atoms with van der Waals surface area (Å²) in [5.74, 6) is 0.721. The van der Waals surface area contributed by atoms with E-state index in [1.165, 1.54) is 17.5 Å². The molecule has 1 aromatic rings. The van der Waals surface area contributed by atoms with E-state index >= 15 is 0 Å². The van der Waals surface area contributed by atoms with Crippen LogP contribution in [0.3, 0.4) is 0 Å². The van der Waals surface area contributed by atoms with Gasteiger partial charge in [0.1, 0.15) is 0 Å². The molecular weight excluding hydrogens is 212 g/mol. The van der Waals surface area contributed by atoms with Crippen molar-refractivity contribution in [3.63, 3.8) is 0 Å². The largest absolute Gasteiger partial charge is 0.411 e. The molecule has 17 heavy (non-hydrogen) atoms. The SMILES string of the molecule is ON=C1CCN(CC2Cc3ccccc32)CC1. The molecule has 1 aliphatic heterocycles. The molecule has 1 saturated heterocycles. The zero-order chi connectivity index (χ0) is 11.7. The molecule has 1 heterocycles. The van der Waals surface area contributed by atoms with Crippen molar-refractivity contribution in [3.05, 3.63) is 35.4 Å². The van der Waals surface area contributed by atoms with E-state index in [-0.39, 0.29) is 0 Å². The highest BCUT2D eigenvalue weighted by atomic mass is 16.4. The topological polar surface area (TPSA) is 35.8 Å². The monoisotopic (exact) mass is 230 g/mol. The molecule has 1 aliphatic carbocycles. The standard InChI is InChI=1S/C14H18N2O/c17-15-13-5-7-16(8-6-13)10-12-9-11-3-1-2-4-14(11)12/h1-4,12,17H,5-10H2. The molecule has 1 N–H and O–H groups in total. The van der Waals surface area contributed by atoms with E-state index in [0.717, 1.165) is 44.1 Å². The highest BCUT2D eigenvalue weighted by Crippen LogP contribution is 2.35. The number of piperidine rings is 1. The number of hydrogen-bond donors (Lipinski definition) is 1. The molecule has 0 aromatic heterocycles. The molecular formula is C14H18N2O. The molecule has 2 aliphatic rings. The highest BCUT2D eigenvalue weighted by Gasteiger charge is 2.28. The van der Waals surface area contributed by atoms with Crippen molar-refractivity contribution in [1.82, 2.24) is 4.90 Å². The highest BCUT2D eigenvalue weighted by molar-refractivity contribution is 5.84. The molecule has 3 rings (SSSR count). The summed E-state index contributed by atoms with van der Waals surface area (Å²) in [6.45, 7) is 3.24. The van der Waals surface area contributed by atoms with Crippen molar-refractivity contribution >= 4 is 5.71 Å². The Labute approximate surface area is 102 Å². The molecule has 0 radical (unpaired) electrons. The Hall–Kier alpha value is -1.35. The van der Waals surface area contributed by atoms with Gasteiger partial charge in [0.05, 0.1) is 5.71 Å². The average Bonchev–Trinajstić information content (AvgIpc) is 2.37. The third kappa shape index (κ3) is 2.07.